The Bertz CT molecular complexity index is 914. The fourth-order valence-corrected chi connectivity index (χ4v) is 3.16. The fourth-order valence-electron chi connectivity index (χ4n) is 2.98. The van der Waals surface area contributed by atoms with Crippen LogP contribution in [0.1, 0.15) is 17.2 Å². The zero-order valence-electron chi connectivity index (χ0n) is 17.1. The van der Waals surface area contributed by atoms with Crippen LogP contribution in [-0.4, -0.2) is 55.4 Å². The first-order valence-electron chi connectivity index (χ1n) is 9.03. The molecule has 0 aliphatic carbocycles. The van der Waals surface area contributed by atoms with Crippen molar-refractivity contribution in [2.75, 3.05) is 33.1 Å². The van der Waals surface area contributed by atoms with Gasteiger partial charge in [0.05, 0.1) is 17.5 Å². The number of nitrogens with zero attached hydrogens (tertiary/aromatic N) is 3. The lowest BCUT2D eigenvalue weighted by molar-refractivity contribution is -0.128. The maximum absolute atomic E-state index is 12.1. The summed E-state index contributed by atoms with van der Waals surface area (Å²) < 4.78 is 0. The van der Waals surface area contributed by atoms with Crippen molar-refractivity contribution in [1.29, 1.82) is 0 Å². The first-order valence-corrected chi connectivity index (χ1v) is 9.40. The van der Waals surface area contributed by atoms with Crippen molar-refractivity contribution in [3.63, 3.8) is 0 Å². The highest BCUT2D eigenvalue weighted by Gasteiger charge is 2.24. The highest BCUT2D eigenvalue weighted by Crippen LogP contribution is 2.34. The first kappa shape index (κ1) is 22.3. The van der Waals surface area contributed by atoms with Gasteiger partial charge in [0.15, 0.2) is 0 Å². The molecule has 29 heavy (non-hydrogen) atoms. The average molecular weight is 416 g/mol. The molecule has 0 radical (unpaired) electrons. The van der Waals surface area contributed by atoms with E-state index >= 15 is 0 Å². The van der Waals surface area contributed by atoms with Crippen molar-refractivity contribution in [3.8, 4) is 5.75 Å². The van der Waals surface area contributed by atoms with Crippen LogP contribution >= 0.6 is 11.6 Å². The van der Waals surface area contributed by atoms with Crippen LogP contribution in [0.15, 0.2) is 54.7 Å². The summed E-state index contributed by atoms with van der Waals surface area (Å²) >= 11 is 6.03. The van der Waals surface area contributed by atoms with Gasteiger partial charge in [-0.05, 0) is 29.3 Å². The van der Waals surface area contributed by atoms with E-state index in [2.05, 4.69) is 6.58 Å². The second-order valence-electron chi connectivity index (χ2n) is 7.07. The number of phenols is 1. The van der Waals surface area contributed by atoms with Crippen molar-refractivity contribution < 1.29 is 14.7 Å². The van der Waals surface area contributed by atoms with E-state index in [1.807, 2.05) is 36.2 Å². The number of carbonyl (C=O) groups excluding carboxylic acids is 2. The van der Waals surface area contributed by atoms with E-state index in [1.165, 1.54) is 11.0 Å². The molecule has 2 rings (SSSR count). The normalized spacial score (nSPS) is 11.5. The van der Waals surface area contributed by atoms with Gasteiger partial charge < -0.3 is 19.8 Å². The molecule has 6 nitrogen and oxygen atoms in total. The van der Waals surface area contributed by atoms with Gasteiger partial charge in [0.2, 0.25) is 12.3 Å². The van der Waals surface area contributed by atoms with Gasteiger partial charge in [-0.1, -0.05) is 42.4 Å². The summed E-state index contributed by atoms with van der Waals surface area (Å²) in [6.45, 7) is 4.19. The van der Waals surface area contributed by atoms with Crippen LogP contribution in [0.3, 0.4) is 0 Å². The molecule has 2 amide bonds. The van der Waals surface area contributed by atoms with Crippen LogP contribution in [0.4, 0.5) is 5.69 Å². The van der Waals surface area contributed by atoms with Crippen LogP contribution in [0, 0.1) is 0 Å². The monoisotopic (exact) mass is 415 g/mol. The Labute approximate surface area is 176 Å². The smallest absolute Gasteiger partial charge is 0.226 e. The molecule has 154 valence electrons. The number of hydrogen-bond acceptors (Lipinski definition) is 4. The Morgan fingerprint density at radius 1 is 1.17 bits per heavy atom. The zero-order valence-corrected chi connectivity index (χ0v) is 17.8. The van der Waals surface area contributed by atoms with E-state index < -0.39 is 6.04 Å². The molecular formula is C22H26ClN3O3. The minimum atomic E-state index is -0.445. The van der Waals surface area contributed by atoms with Crippen LogP contribution in [0.5, 0.6) is 5.75 Å². The molecule has 0 fully saturated rings. The van der Waals surface area contributed by atoms with Gasteiger partial charge in [0.25, 0.3) is 0 Å². The van der Waals surface area contributed by atoms with Crippen molar-refractivity contribution in [1.82, 2.24) is 9.80 Å². The molecule has 0 saturated carbocycles. The molecule has 1 atom stereocenters. The van der Waals surface area contributed by atoms with E-state index in [1.54, 1.807) is 38.2 Å². The minimum Gasteiger partial charge on any atom is -0.506 e. The maximum Gasteiger partial charge on any atom is 0.226 e. The number of rotatable bonds is 8. The number of aromatic hydroxyl groups is 1. The second-order valence-corrected chi connectivity index (χ2v) is 7.48. The number of hydrogen-bond donors (Lipinski definition) is 1. The van der Waals surface area contributed by atoms with Crippen molar-refractivity contribution >= 4 is 29.6 Å². The summed E-state index contributed by atoms with van der Waals surface area (Å²) in [5, 5.41) is 9.89. The van der Waals surface area contributed by atoms with Gasteiger partial charge in [-0.25, -0.2) is 0 Å². The topological polar surface area (TPSA) is 64.1 Å². The van der Waals surface area contributed by atoms with Gasteiger partial charge in [0.1, 0.15) is 5.75 Å². The molecule has 2 aromatic rings. The molecule has 0 aromatic heterocycles. The fraction of sp³-hybridized carbons (Fsp3) is 0.273. The number of halogens is 1. The third-order valence-electron chi connectivity index (χ3n) is 4.76. The first-order chi connectivity index (χ1) is 13.6. The summed E-state index contributed by atoms with van der Waals surface area (Å²) in [6, 6.07) is 12.0. The predicted octanol–water partition coefficient (Wildman–Crippen LogP) is 3.46. The molecule has 7 heteroatoms. The van der Waals surface area contributed by atoms with Crippen molar-refractivity contribution in [3.05, 3.63) is 70.9 Å². The Morgan fingerprint density at radius 2 is 1.86 bits per heavy atom. The summed E-state index contributed by atoms with van der Waals surface area (Å²) in [6.07, 6.45) is 1.01. The van der Waals surface area contributed by atoms with Crippen molar-refractivity contribution in [2.45, 2.75) is 12.5 Å². The zero-order chi connectivity index (χ0) is 21.7. The van der Waals surface area contributed by atoms with E-state index in [-0.39, 0.29) is 23.1 Å². The minimum absolute atomic E-state index is 0.00267. The van der Waals surface area contributed by atoms with Gasteiger partial charge in [-0.15, -0.1) is 0 Å². The largest absolute Gasteiger partial charge is 0.506 e. The van der Waals surface area contributed by atoms with Crippen LogP contribution < -0.4 is 4.90 Å². The third-order valence-corrected chi connectivity index (χ3v) is 5.06. The Balaban J connectivity index is 2.38. The molecule has 2 aromatic carbocycles. The maximum atomic E-state index is 12.1. The summed E-state index contributed by atoms with van der Waals surface area (Å²) in [5.41, 5.74) is 3.05. The second kappa shape index (κ2) is 9.47. The number of likely N-dealkylation sites (N-methyl/N-ethyl adjacent to an activating group) is 3. The lowest BCUT2D eigenvalue weighted by Crippen LogP contribution is -2.31. The highest BCUT2D eigenvalue weighted by molar-refractivity contribution is 6.32. The van der Waals surface area contributed by atoms with E-state index in [0.717, 1.165) is 23.2 Å². The Hall–Kier alpha value is -2.99. The molecule has 0 aliphatic heterocycles. The van der Waals surface area contributed by atoms with Crippen LogP contribution in [0.2, 0.25) is 5.02 Å². The SMILES string of the molecule is C=C(C(c1cccc(CC(=O)N(C)C)c1)N(C)C=O)N(C)c1ccc(O)c(Cl)c1. The third kappa shape index (κ3) is 5.29. The predicted molar refractivity (Wildman–Crippen MR) is 116 cm³/mol. The Morgan fingerprint density at radius 3 is 2.45 bits per heavy atom. The molecule has 1 unspecified atom stereocenters. The number of amides is 2. The number of benzene rings is 2. The molecule has 0 bridgehead atoms. The lowest BCUT2D eigenvalue weighted by Gasteiger charge is -2.33. The average Bonchev–Trinajstić information content (AvgIpc) is 2.69. The Kier molecular flexibility index (Phi) is 7.29. The number of phenolic OH excluding ortho intramolecular Hbond substituents is 1. The molecule has 1 N–H and O–H groups in total. The van der Waals surface area contributed by atoms with Gasteiger partial charge in [-0.2, -0.15) is 0 Å². The highest BCUT2D eigenvalue weighted by atomic mass is 35.5. The molecule has 0 aliphatic rings. The van der Waals surface area contributed by atoms with Gasteiger partial charge in [-0.3, -0.25) is 9.59 Å². The standard InChI is InChI=1S/C22H26ClN3O3/c1-15(26(5)18-9-10-20(28)19(23)13-18)22(25(4)14-27)17-8-6-7-16(11-17)12-21(29)24(2)3/h6-11,13-14,22,28H,1,12H2,2-5H3. The quantitative estimate of drug-likeness (QED) is 0.670. The van der Waals surface area contributed by atoms with Crippen molar-refractivity contribution in [2.24, 2.45) is 0 Å². The van der Waals surface area contributed by atoms with Gasteiger partial charge >= 0.3 is 0 Å². The molecule has 0 heterocycles. The van der Waals surface area contributed by atoms with Gasteiger partial charge in [0, 0.05) is 39.6 Å². The summed E-state index contributed by atoms with van der Waals surface area (Å²) in [4.78, 5) is 28.5. The van der Waals surface area contributed by atoms with Crippen LogP contribution in [-0.2, 0) is 16.0 Å². The van der Waals surface area contributed by atoms with E-state index in [9.17, 15) is 14.7 Å². The number of anilines is 1. The summed E-state index contributed by atoms with van der Waals surface area (Å²) in [7, 11) is 6.93. The number of carbonyl (C=O) groups is 2. The lowest BCUT2D eigenvalue weighted by atomic mass is 9.98. The molecule has 0 saturated heterocycles. The van der Waals surface area contributed by atoms with Crippen LogP contribution in [0.25, 0.3) is 0 Å². The summed E-state index contributed by atoms with van der Waals surface area (Å²) in [5.74, 6) is -0.00799. The van der Waals surface area contributed by atoms with E-state index in [0.29, 0.717) is 5.70 Å². The molecule has 0 spiro atoms. The van der Waals surface area contributed by atoms with E-state index in [4.69, 9.17) is 11.6 Å². The molecular weight excluding hydrogens is 390 g/mol.